The highest BCUT2D eigenvalue weighted by Gasteiger charge is 2.45. The van der Waals surface area contributed by atoms with Crippen molar-refractivity contribution >= 4 is 27.6 Å². The van der Waals surface area contributed by atoms with Gasteiger partial charge in [0.25, 0.3) is 0 Å². The molecule has 1 aromatic carbocycles. The molecule has 1 atom stereocenters. The van der Waals surface area contributed by atoms with Gasteiger partial charge in [-0.3, -0.25) is 4.79 Å². The molecule has 1 saturated heterocycles. The maximum absolute atomic E-state index is 11.4. The minimum atomic E-state index is -0.992. The molecule has 0 aliphatic carbocycles. The molecule has 0 bridgehead atoms. The summed E-state index contributed by atoms with van der Waals surface area (Å²) in [6, 6.07) is 5.27. The monoisotopic (exact) mass is 285 g/mol. The average molecular weight is 286 g/mol. The van der Waals surface area contributed by atoms with E-state index in [2.05, 4.69) is 15.9 Å². The largest absolute Gasteiger partial charge is 0.481 e. The quantitative estimate of drug-likeness (QED) is 0.813. The van der Waals surface area contributed by atoms with E-state index in [0.29, 0.717) is 24.3 Å². The second-order valence-corrected chi connectivity index (χ2v) is 4.84. The highest BCUT2D eigenvalue weighted by molar-refractivity contribution is 9.10. The lowest BCUT2D eigenvalue weighted by Crippen LogP contribution is -2.37. The van der Waals surface area contributed by atoms with E-state index in [1.165, 1.54) is 0 Å². The summed E-state index contributed by atoms with van der Waals surface area (Å²) in [6.07, 6.45) is 0.461. The van der Waals surface area contributed by atoms with Gasteiger partial charge in [-0.15, -0.1) is 0 Å². The Kier molecular flexibility index (Phi) is 2.90. The van der Waals surface area contributed by atoms with E-state index in [1.54, 1.807) is 18.2 Å². The van der Waals surface area contributed by atoms with Gasteiger partial charge in [0, 0.05) is 16.8 Å². The second kappa shape index (κ2) is 4.07. The molecular weight excluding hydrogens is 274 g/mol. The van der Waals surface area contributed by atoms with Gasteiger partial charge in [0.15, 0.2) is 0 Å². The first-order valence-electron chi connectivity index (χ1n) is 4.93. The van der Waals surface area contributed by atoms with E-state index in [4.69, 9.17) is 10.5 Å². The van der Waals surface area contributed by atoms with Gasteiger partial charge in [-0.1, -0.05) is 15.9 Å². The van der Waals surface area contributed by atoms with Crippen LogP contribution in [0.15, 0.2) is 22.7 Å². The number of hydrogen-bond donors (Lipinski definition) is 2. The van der Waals surface area contributed by atoms with Crippen molar-refractivity contribution in [3.8, 4) is 0 Å². The third-order valence-corrected chi connectivity index (χ3v) is 3.46. The number of carboxylic acids is 1. The third kappa shape index (κ3) is 1.70. The smallest absolute Gasteiger partial charge is 0.316 e. The lowest BCUT2D eigenvalue weighted by molar-refractivity contribution is -0.143. The molecule has 0 radical (unpaired) electrons. The molecular formula is C11H12BrNO3. The second-order valence-electron chi connectivity index (χ2n) is 3.92. The number of carboxylic acid groups (broad SMARTS) is 1. The number of nitrogens with two attached hydrogens (primary N) is 1. The normalized spacial score (nSPS) is 24.6. The Hall–Kier alpha value is -1.07. The van der Waals surface area contributed by atoms with Crippen molar-refractivity contribution < 1.29 is 14.6 Å². The zero-order chi connectivity index (χ0) is 11.8. The predicted octanol–water partition coefficient (Wildman–Crippen LogP) is 1.77. The fourth-order valence-electron chi connectivity index (χ4n) is 2.00. The molecule has 1 aromatic rings. The fourth-order valence-corrected chi connectivity index (χ4v) is 2.37. The number of carbonyl (C=O) groups is 1. The van der Waals surface area contributed by atoms with Gasteiger partial charge in [0.2, 0.25) is 0 Å². The molecule has 2 rings (SSSR count). The first-order chi connectivity index (χ1) is 7.56. The number of hydrogen-bond acceptors (Lipinski definition) is 3. The van der Waals surface area contributed by atoms with Crippen LogP contribution in [0.2, 0.25) is 0 Å². The van der Waals surface area contributed by atoms with E-state index in [0.717, 1.165) is 4.47 Å². The molecule has 0 amide bonds. The molecule has 4 nitrogen and oxygen atoms in total. The molecule has 0 saturated carbocycles. The van der Waals surface area contributed by atoms with Gasteiger partial charge < -0.3 is 15.6 Å². The molecule has 1 heterocycles. The van der Waals surface area contributed by atoms with Crippen LogP contribution in [0.25, 0.3) is 0 Å². The Morgan fingerprint density at radius 3 is 2.88 bits per heavy atom. The minimum Gasteiger partial charge on any atom is -0.481 e. The van der Waals surface area contributed by atoms with Crippen LogP contribution >= 0.6 is 15.9 Å². The number of nitrogen functional groups attached to an aromatic ring is 1. The van der Waals surface area contributed by atoms with Gasteiger partial charge in [0.1, 0.15) is 5.41 Å². The summed E-state index contributed by atoms with van der Waals surface area (Å²) < 4.78 is 6.04. The number of halogens is 1. The summed E-state index contributed by atoms with van der Waals surface area (Å²) in [6.45, 7) is 0.640. The Morgan fingerprint density at radius 2 is 2.31 bits per heavy atom. The van der Waals surface area contributed by atoms with E-state index in [1.807, 2.05) is 0 Å². The van der Waals surface area contributed by atoms with Crippen molar-refractivity contribution in [1.29, 1.82) is 0 Å². The zero-order valence-corrected chi connectivity index (χ0v) is 10.2. The number of benzene rings is 1. The third-order valence-electron chi connectivity index (χ3n) is 2.96. The van der Waals surface area contributed by atoms with Crippen molar-refractivity contribution in [2.75, 3.05) is 18.9 Å². The molecule has 16 heavy (non-hydrogen) atoms. The Bertz CT molecular complexity index is 427. The van der Waals surface area contributed by atoms with Gasteiger partial charge in [-0.05, 0) is 30.2 Å². The van der Waals surface area contributed by atoms with Crippen LogP contribution in [0.4, 0.5) is 5.69 Å². The lowest BCUT2D eigenvalue weighted by atomic mass is 9.79. The van der Waals surface area contributed by atoms with Crippen molar-refractivity contribution in [2.24, 2.45) is 0 Å². The van der Waals surface area contributed by atoms with Gasteiger partial charge in [-0.25, -0.2) is 0 Å². The number of rotatable bonds is 2. The highest BCUT2D eigenvalue weighted by atomic mass is 79.9. The summed E-state index contributed by atoms with van der Waals surface area (Å²) in [5, 5.41) is 9.38. The maximum Gasteiger partial charge on any atom is 0.316 e. The van der Waals surface area contributed by atoms with Crippen LogP contribution in [0.1, 0.15) is 12.0 Å². The SMILES string of the molecule is Nc1ccc(Br)cc1C1(C(=O)O)CCOC1. The van der Waals surface area contributed by atoms with Gasteiger partial charge in [0.05, 0.1) is 6.61 Å². The van der Waals surface area contributed by atoms with E-state index in [9.17, 15) is 9.90 Å². The first kappa shape index (κ1) is 11.4. The molecule has 0 spiro atoms. The molecule has 5 heteroatoms. The number of aliphatic carboxylic acids is 1. The van der Waals surface area contributed by atoms with E-state index < -0.39 is 11.4 Å². The molecule has 1 unspecified atom stereocenters. The number of anilines is 1. The van der Waals surface area contributed by atoms with Crippen molar-refractivity contribution in [3.63, 3.8) is 0 Å². The Morgan fingerprint density at radius 1 is 1.56 bits per heavy atom. The zero-order valence-electron chi connectivity index (χ0n) is 8.57. The van der Waals surface area contributed by atoms with Crippen molar-refractivity contribution in [2.45, 2.75) is 11.8 Å². The molecule has 1 aliphatic heterocycles. The van der Waals surface area contributed by atoms with E-state index in [-0.39, 0.29) is 6.61 Å². The first-order valence-corrected chi connectivity index (χ1v) is 5.72. The summed E-state index contributed by atoms with van der Waals surface area (Å²) >= 11 is 3.33. The fraction of sp³-hybridized carbons (Fsp3) is 0.364. The highest BCUT2D eigenvalue weighted by Crippen LogP contribution is 2.38. The summed E-state index contributed by atoms with van der Waals surface area (Å²) in [5.74, 6) is -0.880. The lowest BCUT2D eigenvalue weighted by Gasteiger charge is -2.24. The molecule has 86 valence electrons. The van der Waals surface area contributed by atoms with Crippen LogP contribution in [0.3, 0.4) is 0 Å². The molecule has 1 fully saturated rings. The van der Waals surface area contributed by atoms with Crippen molar-refractivity contribution in [3.05, 3.63) is 28.2 Å². The average Bonchev–Trinajstić information content (AvgIpc) is 2.71. The summed E-state index contributed by atoms with van der Waals surface area (Å²) in [4.78, 5) is 11.4. The van der Waals surface area contributed by atoms with Crippen LogP contribution in [-0.4, -0.2) is 24.3 Å². The van der Waals surface area contributed by atoms with Gasteiger partial charge in [-0.2, -0.15) is 0 Å². The van der Waals surface area contributed by atoms with Crippen LogP contribution in [0, 0.1) is 0 Å². The topological polar surface area (TPSA) is 72.6 Å². The van der Waals surface area contributed by atoms with Crippen LogP contribution < -0.4 is 5.73 Å². The standard InChI is InChI=1S/C11H12BrNO3/c12-7-1-2-9(13)8(5-7)11(10(14)15)3-4-16-6-11/h1-2,5H,3-4,6,13H2,(H,14,15). The van der Waals surface area contributed by atoms with Gasteiger partial charge >= 0.3 is 5.97 Å². The Labute approximate surface area is 102 Å². The Balaban J connectivity index is 2.55. The predicted molar refractivity (Wildman–Crippen MR) is 63.3 cm³/mol. The maximum atomic E-state index is 11.4. The van der Waals surface area contributed by atoms with E-state index >= 15 is 0 Å². The van der Waals surface area contributed by atoms with Crippen molar-refractivity contribution in [1.82, 2.24) is 0 Å². The molecule has 3 N–H and O–H groups in total. The molecule has 0 aromatic heterocycles. The van der Waals surface area contributed by atoms with Crippen LogP contribution in [-0.2, 0) is 14.9 Å². The summed E-state index contributed by atoms with van der Waals surface area (Å²) in [7, 11) is 0. The number of ether oxygens (including phenoxy) is 1. The minimum absolute atomic E-state index is 0.184. The molecule has 1 aliphatic rings. The summed E-state index contributed by atoms with van der Waals surface area (Å²) in [5.41, 5.74) is 5.99. The van der Waals surface area contributed by atoms with Crippen LogP contribution in [0.5, 0.6) is 0 Å².